The van der Waals surface area contributed by atoms with Gasteiger partial charge < -0.3 is 13.2 Å². The van der Waals surface area contributed by atoms with Crippen LogP contribution in [0.2, 0.25) is 0 Å². The fraction of sp³-hybridized carbons (Fsp3) is 0.667. The van der Waals surface area contributed by atoms with Crippen LogP contribution in [-0.2, 0) is 10.1 Å². The van der Waals surface area contributed by atoms with Crippen molar-refractivity contribution in [2.45, 2.75) is 0 Å². The van der Waals surface area contributed by atoms with Crippen LogP contribution in [0.4, 0.5) is 0 Å². The zero-order valence-electron chi connectivity index (χ0n) is 5.66. The van der Waals surface area contributed by atoms with E-state index in [1.807, 2.05) is 0 Å². The zero-order valence-corrected chi connectivity index (χ0v) is 8.48. The molecule has 0 radical (unpaired) electrons. The predicted octanol–water partition coefficient (Wildman–Crippen LogP) is -3.71. The van der Waals surface area contributed by atoms with Crippen molar-refractivity contribution in [3.05, 3.63) is 7.43 Å². The Morgan fingerprint density at radius 3 is 1.78 bits per heavy atom. The van der Waals surface area contributed by atoms with E-state index >= 15 is 0 Å². The fourth-order valence-corrected chi connectivity index (χ4v) is 0.447. The van der Waals surface area contributed by atoms with Crippen LogP contribution in [0.3, 0.4) is 0 Å². The van der Waals surface area contributed by atoms with E-state index in [4.69, 9.17) is 10.3 Å². The van der Waals surface area contributed by atoms with Crippen LogP contribution < -0.4 is 35.3 Å². The van der Waals surface area contributed by atoms with Crippen LogP contribution in [0, 0.1) is 7.43 Å². The van der Waals surface area contributed by atoms with Crippen molar-refractivity contribution in [2.24, 2.45) is 5.73 Å². The third-order valence-electron chi connectivity index (χ3n) is 0.376. The van der Waals surface area contributed by atoms with Crippen molar-refractivity contribution < 1.29 is 42.5 Å². The van der Waals surface area contributed by atoms with Gasteiger partial charge in [0.25, 0.3) is 10.1 Å². The van der Waals surface area contributed by atoms with E-state index < -0.39 is 10.1 Å². The van der Waals surface area contributed by atoms with Crippen molar-refractivity contribution in [1.29, 1.82) is 0 Å². The van der Waals surface area contributed by atoms with E-state index in [2.05, 4.69) is 0 Å². The molecule has 52 valence electrons. The molecule has 0 fully saturated rings. The number of hydrogen-bond donors (Lipinski definition) is 2. The monoisotopic (exact) mass is 163 g/mol. The topological polar surface area (TPSA) is 80.4 Å². The molecule has 0 saturated carbocycles. The maximum Gasteiger partial charge on any atom is 1.00 e. The molecule has 6 heteroatoms. The Hall–Kier alpha value is 0.870. The molecule has 0 spiro atoms. The normalized spacial score (nSPS) is 9.11. The summed E-state index contributed by atoms with van der Waals surface area (Å²) in [6.07, 6.45) is 0. The smallest absolute Gasteiger partial charge is 0.358 e. The van der Waals surface area contributed by atoms with Gasteiger partial charge in [0.1, 0.15) is 0 Å². The second kappa shape index (κ2) is 6.98. The van der Waals surface area contributed by atoms with Crippen LogP contribution >= 0.6 is 0 Å². The first-order valence-electron chi connectivity index (χ1n) is 1.71. The van der Waals surface area contributed by atoms with Gasteiger partial charge in [-0.15, -0.1) is 0 Å². The second-order valence-corrected chi connectivity index (χ2v) is 2.65. The summed E-state index contributed by atoms with van der Waals surface area (Å²) in [5.41, 5.74) is 4.78. The van der Waals surface area contributed by atoms with Gasteiger partial charge in [0, 0.05) is 6.54 Å². The van der Waals surface area contributed by atoms with Gasteiger partial charge in [0.05, 0.1) is 5.75 Å². The van der Waals surface area contributed by atoms with E-state index in [1.165, 1.54) is 0 Å². The first kappa shape index (κ1) is 16.5. The molecular formula is C3H10NNaO3S. The summed E-state index contributed by atoms with van der Waals surface area (Å²) >= 11 is 0. The molecule has 0 saturated heterocycles. The average molecular weight is 163 g/mol. The molecule has 3 N–H and O–H groups in total. The minimum atomic E-state index is -3.80. The maximum atomic E-state index is 9.71. The van der Waals surface area contributed by atoms with Crippen molar-refractivity contribution in [3.8, 4) is 0 Å². The number of nitrogens with two attached hydrogens (primary N) is 1. The first-order valence-corrected chi connectivity index (χ1v) is 3.32. The molecule has 0 bridgehead atoms. The molecule has 0 aliphatic heterocycles. The zero-order chi connectivity index (χ0) is 5.91. The maximum absolute atomic E-state index is 9.71. The predicted molar refractivity (Wildman–Crippen MR) is 31.9 cm³/mol. The average Bonchev–Trinajstić information content (AvgIpc) is 1.30. The van der Waals surface area contributed by atoms with Gasteiger partial charge in [0.15, 0.2) is 0 Å². The first-order chi connectivity index (χ1) is 3.06. The Kier molecular flexibility index (Phi) is 12.8. The van der Waals surface area contributed by atoms with Crippen LogP contribution in [0.15, 0.2) is 0 Å². The molecule has 0 amide bonds. The summed E-state index contributed by atoms with van der Waals surface area (Å²) in [4.78, 5) is 0. The second-order valence-electron chi connectivity index (χ2n) is 1.07. The molecule has 0 unspecified atom stereocenters. The standard InChI is InChI=1S/C2H7NO3S.CH3.Na/c3-1-2-7(4,5)6;;/h1-3H2,(H,4,5,6);1H3;/q;-1;+1. The molecular weight excluding hydrogens is 153 g/mol. The van der Waals surface area contributed by atoms with Crippen LogP contribution in [0.1, 0.15) is 0 Å². The summed E-state index contributed by atoms with van der Waals surface area (Å²) in [5, 5.41) is 0. The van der Waals surface area contributed by atoms with Crippen molar-refractivity contribution in [2.75, 3.05) is 12.3 Å². The van der Waals surface area contributed by atoms with Crippen molar-refractivity contribution in [1.82, 2.24) is 0 Å². The molecule has 0 aromatic heterocycles. The van der Waals surface area contributed by atoms with Crippen LogP contribution in [0.25, 0.3) is 0 Å². The summed E-state index contributed by atoms with van der Waals surface area (Å²) < 4.78 is 27.3. The van der Waals surface area contributed by atoms with Gasteiger partial charge in [-0.2, -0.15) is 8.42 Å². The summed E-state index contributed by atoms with van der Waals surface area (Å²) in [7, 11) is -3.80. The van der Waals surface area contributed by atoms with Gasteiger partial charge in [-0.05, 0) is 0 Å². The van der Waals surface area contributed by atoms with Crippen LogP contribution in [0.5, 0.6) is 0 Å². The molecule has 0 aromatic rings. The Labute approximate surface area is 77.9 Å². The Balaban J connectivity index is -0.000000180. The molecule has 0 aromatic carbocycles. The molecule has 0 atom stereocenters. The Morgan fingerprint density at radius 1 is 1.44 bits per heavy atom. The van der Waals surface area contributed by atoms with Crippen molar-refractivity contribution >= 4 is 10.1 Å². The summed E-state index contributed by atoms with van der Waals surface area (Å²) in [6.45, 7) is -0.0289. The van der Waals surface area contributed by atoms with Gasteiger partial charge in [-0.25, -0.2) is 0 Å². The number of hydrogen-bond acceptors (Lipinski definition) is 3. The Morgan fingerprint density at radius 2 is 1.78 bits per heavy atom. The van der Waals surface area contributed by atoms with E-state index in [9.17, 15) is 8.42 Å². The van der Waals surface area contributed by atoms with Gasteiger partial charge in [-0.3, -0.25) is 4.55 Å². The molecule has 9 heavy (non-hydrogen) atoms. The molecule has 4 nitrogen and oxygen atoms in total. The molecule has 0 aliphatic carbocycles. The van der Waals surface area contributed by atoms with E-state index in [0.29, 0.717) is 0 Å². The van der Waals surface area contributed by atoms with E-state index in [1.54, 1.807) is 0 Å². The van der Waals surface area contributed by atoms with Gasteiger partial charge in [-0.1, -0.05) is 0 Å². The number of rotatable bonds is 2. The minimum Gasteiger partial charge on any atom is -0.358 e. The SMILES string of the molecule is NCCS(=O)(=O)O.[CH3-].[Na+]. The third kappa shape index (κ3) is 17.7. The van der Waals surface area contributed by atoms with Gasteiger partial charge >= 0.3 is 29.6 Å². The van der Waals surface area contributed by atoms with E-state index in [-0.39, 0.29) is 49.3 Å². The van der Waals surface area contributed by atoms with Crippen LogP contribution in [-0.4, -0.2) is 25.3 Å². The largest absolute Gasteiger partial charge is 1.00 e. The molecule has 0 heterocycles. The summed E-state index contributed by atoms with van der Waals surface area (Å²) in [5.74, 6) is -0.354. The quantitative estimate of drug-likeness (QED) is 0.249. The third-order valence-corrected chi connectivity index (χ3v) is 1.13. The minimum absolute atomic E-state index is 0. The van der Waals surface area contributed by atoms with Gasteiger partial charge in [0.2, 0.25) is 0 Å². The molecule has 0 aliphatic rings. The Bertz CT molecular complexity index is 132. The van der Waals surface area contributed by atoms with E-state index in [0.717, 1.165) is 0 Å². The summed E-state index contributed by atoms with van der Waals surface area (Å²) in [6, 6.07) is 0. The van der Waals surface area contributed by atoms with Crippen molar-refractivity contribution in [3.63, 3.8) is 0 Å². The fourth-order valence-electron chi connectivity index (χ4n) is 0.149. The molecule has 0 rings (SSSR count).